The summed E-state index contributed by atoms with van der Waals surface area (Å²) in [6.45, 7) is 2.38. The zero-order chi connectivity index (χ0) is 14.8. The molecule has 2 rings (SSSR count). The Hall–Kier alpha value is -0.870. The van der Waals surface area contributed by atoms with E-state index in [0.29, 0.717) is 11.4 Å². The smallest absolute Gasteiger partial charge is 0.242 e. The van der Waals surface area contributed by atoms with E-state index in [0.717, 1.165) is 24.6 Å². The zero-order valence-electron chi connectivity index (χ0n) is 12.4. The van der Waals surface area contributed by atoms with Crippen molar-refractivity contribution >= 4 is 40.0 Å². The summed E-state index contributed by atoms with van der Waals surface area (Å²) in [6.07, 6.45) is 0. The van der Waals surface area contributed by atoms with Crippen LogP contribution in [0, 0.1) is 0 Å². The van der Waals surface area contributed by atoms with Crippen molar-refractivity contribution in [3.63, 3.8) is 0 Å². The molecule has 1 aromatic carbocycles. The van der Waals surface area contributed by atoms with Crippen LogP contribution in [-0.2, 0) is 16.6 Å². The largest absolute Gasteiger partial charge is 0.352 e. The highest BCUT2D eigenvalue weighted by Crippen LogP contribution is 2.14. The fourth-order valence-electron chi connectivity index (χ4n) is 1.89. The van der Waals surface area contributed by atoms with Crippen molar-refractivity contribution in [2.45, 2.75) is 11.4 Å². The van der Waals surface area contributed by atoms with Gasteiger partial charge in [0.2, 0.25) is 10.0 Å². The first kappa shape index (κ1) is 18.2. The Bertz CT molecular complexity index is 599. The molecule has 0 atom stereocenters. The topological polar surface area (TPSA) is 65.0 Å². The van der Waals surface area contributed by atoms with Gasteiger partial charge in [0, 0.05) is 34.2 Å². The van der Waals surface area contributed by atoms with Crippen LogP contribution in [0.2, 0.25) is 0 Å². The number of benzene rings is 1. The van der Waals surface area contributed by atoms with Crippen molar-refractivity contribution < 1.29 is 8.42 Å². The second-order valence-corrected chi connectivity index (χ2v) is 7.06. The molecule has 0 radical (unpaired) electrons. The highest BCUT2D eigenvalue weighted by Gasteiger charge is 2.16. The summed E-state index contributed by atoms with van der Waals surface area (Å²) in [6, 6.07) is 6.90. The number of nitrogens with zero attached hydrogens (tertiary/aromatic N) is 3. The molecule has 0 bridgehead atoms. The molecule has 1 aromatic rings. The van der Waals surface area contributed by atoms with Crippen molar-refractivity contribution in [1.82, 2.24) is 14.5 Å². The number of guanidine groups is 1. The summed E-state index contributed by atoms with van der Waals surface area (Å²) in [4.78, 5) is 6.71. The number of sulfonamides is 1. The van der Waals surface area contributed by atoms with E-state index >= 15 is 0 Å². The molecule has 0 unspecified atom stereocenters. The van der Waals surface area contributed by atoms with Crippen molar-refractivity contribution in [1.29, 1.82) is 0 Å². The Labute approximate surface area is 143 Å². The molecule has 0 fully saturated rings. The molecular weight excluding hydrogens is 403 g/mol. The van der Waals surface area contributed by atoms with Crippen molar-refractivity contribution in [2.24, 2.45) is 4.99 Å². The maximum atomic E-state index is 11.9. The average Bonchev–Trinajstić information content (AvgIpc) is 2.82. The summed E-state index contributed by atoms with van der Waals surface area (Å²) in [7, 11) is 1.69. The Balaban J connectivity index is 0.00000220. The predicted molar refractivity (Wildman–Crippen MR) is 94.5 cm³/mol. The molecule has 0 spiro atoms. The molecule has 6 nitrogen and oxygen atoms in total. The Morgan fingerprint density at radius 2 is 1.90 bits per heavy atom. The number of rotatable bonds is 4. The standard InChI is InChI=1S/C13H20N4O2S.HI/c1-16(2)20(18,19)12-6-4-11(5-7-12)10-15-13-14-8-9-17(13)3;/h4-7H,8-10H2,1-3H3,(H,14,15);1H. The highest BCUT2D eigenvalue weighted by atomic mass is 127. The van der Waals surface area contributed by atoms with E-state index in [9.17, 15) is 8.42 Å². The van der Waals surface area contributed by atoms with Gasteiger partial charge in [-0.05, 0) is 17.7 Å². The monoisotopic (exact) mass is 424 g/mol. The fourth-order valence-corrected chi connectivity index (χ4v) is 2.80. The third kappa shape index (κ3) is 4.30. The lowest BCUT2D eigenvalue weighted by molar-refractivity contribution is 0.520. The van der Waals surface area contributed by atoms with Gasteiger partial charge in [-0.25, -0.2) is 12.7 Å². The lowest BCUT2D eigenvalue weighted by atomic mass is 10.2. The molecule has 0 aliphatic carbocycles. The first-order valence-corrected chi connectivity index (χ1v) is 7.86. The van der Waals surface area contributed by atoms with Crippen LogP contribution in [0.5, 0.6) is 0 Å². The first-order valence-electron chi connectivity index (χ1n) is 6.42. The maximum Gasteiger partial charge on any atom is 0.242 e. The Morgan fingerprint density at radius 3 is 2.38 bits per heavy atom. The molecule has 1 aliphatic heterocycles. The van der Waals surface area contributed by atoms with Gasteiger partial charge in [0.25, 0.3) is 0 Å². The molecular formula is C13H21IN4O2S. The molecule has 0 saturated carbocycles. The molecule has 1 heterocycles. The van der Waals surface area contributed by atoms with Gasteiger partial charge in [0.15, 0.2) is 5.96 Å². The van der Waals surface area contributed by atoms with Gasteiger partial charge in [0.05, 0.1) is 11.4 Å². The van der Waals surface area contributed by atoms with Crippen LogP contribution in [0.4, 0.5) is 0 Å². The second kappa shape index (κ2) is 7.41. The number of hydrogen-bond acceptors (Lipinski definition) is 5. The van der Waals surface area contributed by atoms with E-state index < -0.39 is 10.0 Å². The average molecular weight is 424 g/mol. The van der Waals surface area contributed by atoms with Gasteiger partial charge in [-0.3, -0.25) is 4.99 Å². The van der Waals surface area contributed by atoms with Crippen LogP contribution in [0.1, 0.15) is 5.56 Å². The molecule has 21 heavy (non-hydrogen) atoms. The van der Waals surface area contributed by atoms with E-state index in [1.165, 1.54) is 18.4 Å². The minimum Gasteiger partial charge on any atom is -0.352 e. The summed E-state index contributed by atoms with van der Waals surface area (Å²) in [5.74, 6) is 0.884. The summed E-state index contributed by atoms with van der Waals surface area (Å²) in [5, 5.41) is 3.24. The van der Waals surface area contributed by atoms with E-state index in [2.05, 4.69) is 15.2 Å². The summed E-state index contributed by atoms with van der Waals surface area (Å²) >= 11 is 0. The number of hydrogen-bond donors (Lipinski definition) is 1. The number of likely N-dealkylation sites (N-methyl/N-ethyl adjacent to an activating group) is 1. The Morgan fingerprint density at radius 1 is 1.29 bits per heavy atom. The Kier molecular flexibility index (Phi) is 6.41. The maximum absolute atomic E-state index is 11.9. The minimum absolute atomic E-state index is 0. The van der Waals surface area contributed by atoms with Crippen molar-refractivity contribution in [2.75, 3.05) is 34.2 Å². The third-order valence-electron chi connectivity index (χ3n) is 3.21. The number of nitrogens with one attached hydrogen (secondary N) is 1. The molecule has 118 valence electrons. The molecule has 1 N–H and O–H groups in total. The zero-order valence-corrected chi connectivity index (χ0v) is 15.6. The molecule has 0 amide bonds. The summed E-state index contributed by atoms with van der Waals surface area (Å²) < 4.78 is 25.1. The van der Waals surface area contributed by atoms with Crippen molar-refractivity contribution in [3.05, 3.63) is 29.8 Å². The first-order chi connectivity index (χ1) is 9.41. The van der Waals surface area contributed by atoms with E-state index in [4.69, 9.17) is 0 Å². The minimum atomic E-state index is -3.35. The SMILES string of the molecule is CN1CCN=C1NCc1ccc(S(=O)(=O)N(C)C)cc1.I. The highest BCUT2D eigenvalue weighted by molar-refractivity contribution is 14.0. The molecule has 0 saturated heterocycles. The van der Waals surface area contributed by atoms with E-state index in [1.807, 2.05) is 19.2 Å². The number of halogens is 1. The van der Waals surface area contributed by atoms with Gasteiger partial charge < -0.3 is 10.2 Å². The fraction of sp³-hybridized carbons (Fsp3) is 0.462. The number of aliphatic imine (C=N–C) groups is 1. The van der Waals surface area contributed by atoms with Crippen LogP contribution in [0.15, 0.2) is 34.2 Å². The van der Waals surface area contributed by atoms with Crippen LogP contribution < -0.4 is 5.32 Å². The van der Waals surface area contributed by atoms with Gasteiger partial charge in [-0.2, -0.15) is 0 Å². The second-order valence-electron chi connectivity index (χ2n) is 4.91. The van der Waals surface area contributed by atoms with Gasteiger partial charge >= 0.3 is 0 Å². The van der Waals surface area contributed by atoms with Gasteiger partial charge in [-0.1, -0.05) is 12.1 Å². The molecule has 1 aliphatic rings. The third-order valence-corrected chi connectivity index (χ3v) is 5.04. The van der Waals surface area contributed by atoms with E-state index in [-0.39, 0.29) is 24.0 Å². The lowest BCUT2D eigenvalue weighted by Gasteiger charge is -2.15. The quantitative estimate of drug-likeness (QED) is 0.732. The van der Waals surface area contributed by atoms with Crippen LogP contribution in [0.25, 0.3) is 0 Å². The predicted octanol–water partition coefficient (Wildman–Crippen LogP) is 0.946. The van der Waals surface area contributed by atoms with Crippen molar-refractivity contribution in [3.8, 4) is 0 Å². The molecule has 0 aromatic heterocycles. The molecule has 8 heteroatoms. The summed E-state index contributed by atoms with van der Waals surface area (Å²) in [5.41, 5.74) is 1.02. The van der Waals surface area contributed by atoms with E-state index in [1.54, 1.807) is 12.1 Å². The van der Waals surface area contributed by atoms with Gasteiger partial charge in [0.1, 0.15) is 0 Å². The van der Waals surface area contributed by atoms with Crippen LogP contribution in [-0.4, -0.2) is 57.8 Å². The normalized spacial score (nSPS) is 14.9. The van der Waals surface area contributed by atoms with Crippen LogP contribution >= 0.6 is 24.0 Å². The van der Waals surface area contributed by atoms with Gasteiger partial charge in [-0.15, -0.1) is 24.0 Å². The lowest BCUT2D eigenvalue weighted by Crippen LogP contribution is -2.35. The van der Waals surface area contributed by atoms with Crippen LogP contribution in [0.3, 0.4) is 0 Å².